The topological polar surface area (TPSA) is 36.9 Å². The summed E-state index contributed by atoms with van der Waals surface area (Å²) < 4.78 is 7.44. The molecule has 0 amide bonds. The number of guanidine groups is 1. The number of nitrogens with zero attached hydrogens (tertiary/aromatic N) is 2. The van der Waals surface area contributed by atoms with Crippen LogP contribution in [0.5, 0.6) is 0 Å². The molecule has 24 heavy (non-hydrogen) atoms. The van der Waals surface area contributed by atoms with Crippen LogP contribution in [0.2, 0.25) is 0 Å². The Labute approximate surface area is 146 Å². The Hall–Kier alpha value is -1.59. The highest BCUT2D eigenvalue weighted by Gasteiger charge is 2.53. The van der Waals surface area contributed by atoms with Crippen LogP contribution in [0.1, 0.15) is 18.4 Å². The maximum Gasteiger partial charge on any atom is 0.193 e. The van der Waals surface area contributed by atoms with Crippen LogP contribution in [0.25, 0.3) is 10.1 Å². The highest BCUT2D eigenvalue weighted by molar-refractivity contribution is 7.17. The van der Waals surface area contributed by atoms with Gasteiger partial charge in [-0.3, -0.25) is 4.99 Å². The first-order valence-corrected chi connectivity index (χ1v) is 9.77. The average molecular weight is 341 g/mol. The smallest absolute Gasteiger partial charge is 0.193 e. The highest BCUT2D eigenvalue weighted by atomic mass is 32.1. The van der Waals surface area contributed by atoms with E-state index in [0.717, 1.165) is 25.6 Å². The van der Waals surface area contributed by atoms with Gasteiger partial charge in [0.05, 0.1) is 12.2 Å². The summed E-state index contributed by atoms with van der Waals surface area (Å²) in [7, 11) is 1.90. The monoisotopic (exact) mass is 341 g/mol. The number of hydrogen-bond donors (Lipinski definition) is 1. The molecule has 3 fully saturated rings. The highest BCUT2D eigenvalue weighted by Crippen LogP contribution is 2.47. The lowest BCUT2D eigenvalue weighted by Gasteiger charge is -2.23. The number of fused-ring (bicyclic) bond motifs is 6. The summed E-state index contributed by atoms with van der Waals surface area (Å²) >= 11 is 1.82. The quantitative estimate of drug-likeness (QED) is 0.674. The zero-order valence-corrected chi connectivity index (χ0v) is 14.8. The SMILES string of the molecule is CN=C(NCc1csc2ccccc12)N1CC2C3CCC(O3)C2C1. The molecule has 1 aromatic heterocycles. The van der Waals surface area contributed by atoms with Gasteiger partial charge in [0.2, 0.25) is 0 Å². The molecular weight excluding hydrogens is 318 g/mol. The molecule has 0 radical (unpaired) electrons. The van der Waals surface area contributed by atoms with E-state index in [1.807, 2.05) is 18.4 Å². The summed E-state index contributed by atoms with van der Waals surface area (Å²) in [6.45, 7) is 3.03. The third-order valence-electron chi connectivity index (χ3n) is 5.96. The first kappa shape index (κ1) is 14.7. The van der Waals surface area contributed by atoms with Crippen molar-refractivity contribution in [3.05, 3.63) is 35.2 Å². The Morgan fingerprint density at radius 1 is 1.25 bits per heavy atom. The minimum Gasteiger partial charge on any atom is -0.374 e. The van der Waals surface area contributed by atoms with Crippen LogP contribution >= 0.6 is 11.3 Å². The first-order valence-electron chi connectivity index (χ1n) is 8.89. The molecule has 2 aromatic rings. The van der Waals surface area contributed by atoms with Crippen molar-refractivity contribution in [1.29, 1.82) is 0 Å². The summed E-state index contributed by atoms with van der Waals surface area (Å²) in [5.41, 5.74) is 1.36. The predicted octanol–water partition coefficient (Wildman–Crippen LogP) is 3.09. The number of benzene rings is 1. The van der Waals surface area contributed by atoms with Crippen LogP contribution in [-0.4, -0.2) is 43.2 Å². The van der Waals surface area contributed by atoms with Crippen LogP contribution in [0.4, 0.5) is 0 Å². The fraction of sp³-hybridized carbons (Fsp3) is 0.526. The third kappa shape index (κ3) is 2.25. The molecule has 3 aliphatic rings. The van der Waals surface area contributed by atoms with Gasteiger partial charge in [0.1, 0.15) is 0 Å². The molecule has 1 N–H and O–H groups in total. The maximum absolute atomic E-state index is 6.08. The minimum absolute atomic E-state index is 0.504. The lowest BCUT2D eigenvalue weighted by Crippen LogP contribution is -2.40. The number of aliphatic imine (C=N–C) groups is 1. The van der Waals surface area contributed by atoms with Gasteiger partial charge in [-0.05, 0) is 35.2 Å². The average Bonchev–Trinajstić information content (AvgIpc) is 3.37. The molecule has 5 heteroatoms. The molecule has 4 unspecified atom stereocenters. The van der Waals surface area contributed by atoms with Crippen molar-refractivity contribution in [2.24, 2.45) is 16.8 Å². The standard InChI is InChI=1S/C19H23N3OS/c1-20-19(21-8-12-11-24-18-5-3-2-4-13(12)18)22-9-14-15(10-22)17-7-6-16(14)23-17/h2-5,11,14-17H,6-10H2,1H3,(H,20,21). The van der Waals surface area contributed by atoms with Crippen LogP contribution in [0, 0.1) is 11.8 Å². The number of rotatable bonds is 2. The molecule has 4 atom stereocenters. The molecule has 126 valence electrons. The number of hydrogen-bond acceptors (Lipinski definition) is 3. The van der Waals surface area contributed by atoms with E-state index in [1.165, 1.54) is 28.5 Å². The molecule has 5 rings (SSSR count). The normalized spacial score (nSPS) is 31.9. The fourth-order valence-corrected chi connectivity index (χ4v) is 5.77. The van der Waals surface area contributed by atoms with E-state index in [4.69, 9.17) is 4.74 Å². The number of nitrogens with one attached hydrogen (secondary N) is 1. The van der Waals surface area contributed by atoms with Crippen molar-refractivity contribution >= 4 is 27.4 Å². The van der Waals surface area contributed by atoms with Gasteiger partial charge in [0, 0.05) is 43.2 Å². The summed E-state index contributed by atoms with van der Waals surface area (Å²) in [4.78, 5) is 6.98. The Balaban J connectivity index is 1.28. The van der Waals surface area contributed by atoms with Gasteiger partial charge in [0.15, 0.2) is 5.96 Å². The van der Waals surface area contributed by atoms with Gasteiger partial charge < -0.3 is 15.0 Å². The van der Waals surface area contributed by atoms with Gasteiger partial charge in [-0.1, -0.05) is 18.2 Å². The van der Waals surface area contributed by atoms with E-state index in [0.29, 0.717) is 24.0 Å². The van der Waals surface area contributed by atoms with Gasteiger partial charge in [0.25, 0.3) is 0 Å². The lowest BCUT2D eigenvalue weighted by molar-refractivity contribution is 0.0767. The minimum atomic E-state index is 0.504. The van der Waals surface area contributed by atoms with Crippen molar-refractivity contribution in [3.63, 3.8) is 0 Å². The van der Waals surface area contributed by atoms with Crippen molar-refractivity contribution < 1.29 is 4.74 Å². The van der Waals surface area contributed by atoms with E-state index in [2.05, 4.69) is 44.9 Å². The zero-order valence-electron chi connectivity index (χ0n) is 13.9. The molecule has 3 saturated heterocycles. The first-order chi connectivity index (χ1) is 11.8. The van der Waals surface area contributed by atoms with Crippen LogP contribution in [0.3, 0.4) is 0 Å². The molecular formula is C19H23N3OS. The second-order valence-electron chi connectivity index (χ2n) is 7.18. The van der Waals surface area contributed by atoms with E-state index in [-0.39, 0.29) is 0 Å². The number of ether oxygens (including phenoxy) is 1. The van der Waals surface area contributed by atoms with Crippen LogP contribution < -0.4 is 5.32 Å². The van der Waals surface area contributed by atoms with E-state index in [1.54, 1.807) is 0 Å². The van der Waals surface area contributed by atoms with Gasteiger partial charge >= 0.3 is 0 Å². The number of likely N-dealkylation sites (tertiary alicyclic amines) is 1. The van der Waals surface area contributed by atoms with E-state index >= 15 is 0 Å². The molecule has 0 aliphatic carbocycles. The van der Waals surface area contributed by atoms with Crippen molar-refractivity contribution in [2.75, 3.05) is 20.1 Å². The van der Waals surface area contributed by atoms with Gasteiger partial charge in [-0.25, -0.2) is 0 Å². The lowest BCUT2D eigenvalue weighted by atomic mass is 9.82. The van der Waals surface area contributed by atoms with Crippen LogP contribution in [0.15, 0.2) is 34.6 Å². The van der Waals surface area contributed by atoms with E-state index < -0.39 is 0 Å². The second kappa shape index (κ2) is 5.74. The summed E-state index contributed by atoms with van der Waals surface area (Å²) in [6, 6.07) is 8.62. The largest absolute Gasteiger partial charge is 0.374 e. The fourth-order valence-electron chi connectivity index (χ4n) is 4.81. The summed E-state index contributed by atoms with van der Waals surface area (Å²) in [5.74, 6) is 2.47. The van der Waals surface area contributed by atoms with Gasteiger partial charge in [-0.15, -0.1) is 11.3 Å². The van der Waals surface area contributed by atoms with Crippen molar-refractivity contribution in [3.8, 4) is 0 Å². The van der Waals surface area contributed by atoms with Crippen LogP contribution in [-0.2, 0) is 11.3 Å². The van der Waals surface area contributed by atoms with Gasteiger partial charge in [-0.2, -0.15) is 0 Å². The Morgan fingerprint density at radius 3 is 2.75 bits per heavy atom. The van der Waals surface area contributed by atoms with Crippen molar-refractivity contribution in [2.45, 2.75) is 31.6 Å². The molecule has 3 aliphatic heterocycles. The molecule has 1 aromatic carbocycles. The number of thiophene rings is 1. The molecule has 2 bridgehead atoms. The van der Waals surface area contributed by atoms with Crippen molar-refractivity contribution in [1.82, 2.24) is 10.2 Å². The Kier molecular flexibility index (Phi) is 3.52. The maximum atomic E-state index is 6.08. The predicted molar refractivity (Wildman–Crippen MR) is 98.5 cm³/mol. The summed E-state index contributed by atoms with van der Waals surface area (Å²) in [5, 5.41) is 7.21. The summed E-state index contributed by atoms with van der Waals surface area (Å²) in [6.07, 6.45) is 3.52. The van der Waals surface area contributed by atoms with E-state index in [9.17, 15) is 0 Å². The molecule has 4 heterocycles. The molecule has 4 nitrogen and oxygen atoms in total. The zero-order chi connectivity index (χ0) is 16.1. The third-order valence-corrected chi connectivity index (χ3v) is 6.97. The molecule has 0 saturated carbocycles. The molecule has 0 spiro atoms. The Bertz CT molecular complexity index is 768. The Morgan fingerprint density at radius 2 is 2.00 bits per heavy atom. The second-order valence-corrected chi connectivity index (χ2v) is 8.09.